The molecule has 2 aromatic carbocycles. The fourth-order valence-corrected chi connectivity index (χ4v) is 2.72. The van der Waals surface area contributed by atoms with Crippen molar-refractivity contribution < 1.29 is 9.47 Å². The van der Waals surface area contributed by atoms with Gasteiger partial charge in [0.25, 0.3) is 0 Å². The Morgan fingerprint density at radius 2 is 1.59 bits per heavy atom. The second-order valence-electron chi connectivity index (χ2n) is 5.16. The maximum atomic E-state index is 5.40. The minimum Gasteiger partial charge on any atom is -0.493 e. The Kier molecular flexibility index (Phi) is 4.99. The molecule has 0 radical (unpaired) electrons. The third-order valence-corrected chi connectivity index (χ3v) is 3.83. The lowest BCUT2D eigenvalue weighted by Crippen LogP contribution is -2.20. The second-order valence-corrected chi connectivity index (χ2v) is 5.16. The van der Waals surface area contributed by atoms with Crippen LogP contribution < -0.4 is 9.47 Å². The normalized spacial score (nSPS) is 12.9. The molecule has 0 amide bonds. The monoisotopic (exact) mass is 317 g/mol. The Labute approximate surface area is 137 Å². The minimum atomic E-state index is 0. The number of hydrogen-bond acceptors (Lipinski definition) is 3. The molecule has 0 saturated heterocycles. The fourth-order valence-electron chi connectivity index (χ4n) is 2.72. The molecule has 0 fully saturated rings. The highest BCUT2D eigenvalue weighted by atomic mass is 35.5. The predicted molar refractivity (Wildman–Crippen MR) is 92.6 cm³/mol. The van der Waals surface area contributed by atoms with Gasteiger partial charge in [0.15, 0.2) is 11.5 Å². The van der Waals surface area contributed by atoms with E-state index in [9.17, 15) is 0 Å². The Morgan fingerprint density at radius 1 is 0.955 bits per heavy atom. The van der Waals surface area contributed by atoms with E-state index in [1.54, 1.807) is 14.2 Å². The highest BCUT2D eigenvalue weighted by Gasteiger charge is 2.19. The van der Waals surface area contributed by atoms with Crippen molar-refractivity contribution in [3.8, 4) is 11.5 Å². The van der Waals surface area contributed by atoms with E-state index in [-0.39, 0.29) is 12.4 Å². The minimum absolute atomic E-state index is 0. The first-order chi connectivity index (χ1) is 10.2. The first kappa shape index (κ1) is 16.2. The summed E-state index contributed by atoms with van der Waals surface area (Å²) in [6.45, 7) is 0.858. The molecule has 0 aromatic heterocycles. The van der Waals surface area contributed by atoms with Gasteiger partial charge in [-0.1, -0.05) is 30.3 Å². The van der Waals surface area contributed by atoms with Crippen LogP contribution in [0.2, 0.25) is 0 Å². The van der Waals surface area contributed by atoms with Gasteiger partial charge in [0.05, 0.1) is 14.2 Å². The number of ether oxygens (including phenoxy) is 2. The lowest BCUT2D eigenvalue weighted by Gasteiger charge is -2.29. The summed E-state index contributed by atoms with van der Waals surface area (Å²) in [6.07, 6.45) is 2.20. The van der Waals surface area contributed by atoms with E-state index >= 15 is 0 Å². The van der Waals surface area contributed by atoms with Gasteiger partial charge in [-0.2, -0.15) is 0 Å². The average Bonchev–Trinajstić information content (AvgIpc) is 2.53. The zero-order valence-corrected chi connectivity index (χ0v) is 13.8. The van der Waals surface area contributed by atoms with E-state index in [4.69, 9.17) is 9.47 Å². The summed E-state index contributed by atoms with van der Waals surface area (Å²) in [4.78, 5) is 2.25. The quantitative estimate of drug-likeness (QED) is 0.852. The standard InChI is InChI=1S/C18H19NO2.ClH/c1-19-12-15-11-18(21-3)17(20-2)10-14(15)9-16(19)13-7-5-4-6-8-13;/h4-11H,12H2,1-3H3;1H. The van der Waals surface area contributed by atoms with Gasteiger partial charge in [-0.05, 0) is 34.9 Å². The summed E-state index contributed by atoms with van der Waals surface area (Å²) in [7, 11) is 5.45. The molecule has 0 saturated carbocycles. The van der Waals surface area contributed by atoms with Crippen molar-refractivity contribution in [2.75, 3.05) is 21.3 Å². The highest BCUT2D eigenvalue weighted by molar-refractivity contribution is 5.85. The molecule has 0 unspecified atom stereocenters. The zero-order chi connectivity index (χ0) is 14.8. The highest BCUT2D eigenvalue weighted by Crippen LogP contribution is 2.36. The Morgan fingerprint density at radius 3 is 2.23 bits per heavy atom. The second kappa shape index (κ2) is 6.75. The van der Waals surface area contributed by atoms with E-state index < -0.39 is 0 Å². The molecule has 1 heterocycles. The van der Waals surface area contributed by atoms with Crippen LogP contribution in [0, 0.1) is 0 Å². The molecular formula is C18H20ClNO2. The fraction of sp³-hybridized carbons (Fsp3) is 0.222. The van der Waals surface area contributed by atoms with Crippen LogP contribution >= 0.6 is 12.4 Å². The molecule has 0 N–H and O–H groups in total. The topological polar surface area (TPSA) is 21.7 Å². The van der Waals surface area contributed by atoms with Crippen molar-refractivity contribution in [2.45, 2.75) is 6.54 Å². The molecule has 0 bridgehead atoms. The van der Waals surface area contributed by atoms with Gasteiger partial charge < -0.3 is 14.4 Å². The third kappa shape index (κ3) is 2.90. The lowest BCUT2D eigenvalue weighted by atomic mass is 9.98. The number of rotatable bonds is 3. The van der Waals surface area contributed by atoms with Crippen LogP contribution in [-0.4, -0.2) is 26.2 Å². The maximum absolute atomic E-state index is 5.40. The van der Waals surface area contributed by atoms with E-state index in [1.807, 2.05) is 12.1 Å². The van der Waals surface area contributed by atoms with Gasteiger partial charge in [0, 0.05) is 19.3 Å². The zero-order valence-electron chi connectivity index (χ0n) is 13.0. The van der Waals surface area contributed by atoms with Crippen LogP contribution in [0.5, 0.6) is 11.5 Å². The molecule has 1 aliphatic heterocycles. The van der Waals surface area contributed by atoms with Crippen molar-refractivity contribution in [1.82, 2.24) is 4.90 Å². The Balaban J connectivity index is 0.00000176. The average molecular weight is 318 g/mol. The maximum Gasteiger partial charge on any atom is 0.161 e. The van der Waals surface area contributed by atoms with E-state index in [1.165, 1.54) is 22.4 Å². The SMILES string of the molecule is COc1cc2c(cc1OC)CN(C)C(c1ccccc1)=C2.Cl. The Hall–Kier alpha value is -2.13. The number of hydrogen-bond donors (Lipinski definition) is 0. The van der Waals surface area contributed by atoms with Crippen LogP contribution in [0.4, 0.5) is 0 Å². The predicted octanol–water partition coefficient (Wildman–Crippen LogP) is 4.07. The number of fused-ring (bicyclic) bond motifs is 1. The number of benzene rings is 2. The molecule has 3 nitrogen and oxygen atoms in total. The van der Waals surface area contributed by atoms with E-state index in [0.717, 1.165) is 18.0 Å². The summed E-state index contributed by atoms with van der Waals surface area (Å²) < 4.78 is 10.8. The van der Waals surface area contributed by atoms with Crippen molar-refractivity contribution in [3.05, 3.63) is 59.2 Å². The lowest BCUT2D eigenvalue weighted by molar-refractivity contribution is 0.353. The molecule has 4 heteroatoms. The molecule has 0 aliphatic carbocycles. The number of methoxy groups -OCH3 is 2. The van der Waals surface area contributed by atoms with Gasteiger partial charge >= 0.3 is 0 Å². The summed E-state index contributed by atoms with van der Waals surface area (Å²) in [5.41, 5.74) is 4.87. The van der Waals surface area contributed by atoms with Crippen molar-refractivity contribution in [1.29, 1.82) is 0 Å². The molecule has 22 heavy (non-hydrogen) atoms. The first-order valence-corrected chi connectivity index (χ1v) is 6.96. The largest absolute Gasteiger partial charge is 0.493 e. The van der Waals surface area contributed by atoms with E-state index in [0.29, 0.717) is 0 Å². The summed E-state index contributed by atoms with van der Waals surface area (Å²) in [5.74, 6) is 1.55. The molecular weight excluding hydrogens is 298 g/mol. The summed E-state index contributed by atoms with van der Waals surface area (Å²) in [6, 6.07) is 14.5. The van der Waals surface area contributed by atoms with Crippen molar-refractivity contribution in [3.63, 3.8) is 0 Å². The van der Waals surface area contributed by atoms with Crippen LogP contribution in [0.3, 0.4) is 0 Å². The van der Waals surface area contributed by atoms with Gasteiger partial charge in [-0.25, -0.2) is 0 Å². The smallest absolute Gasteiger partial charge is 0.161 e. The van der Waals surface area contributed by atoms with Crippen LogP contribution in [-0.2, 0) is 6.54 Å². The van der Waals surface area contributed by atoms with Gasteiger partial charge in [-0.3, -0.25) is 0 Å². The molecule has 2 aromatic rings. The number of nitrogens with zero attached hydrogens (tertiary/aromatic N) is 1. The van der Waals surface area contributed by atoms with Crippen LogP contribution in [0.15, 0.2) is 42.5 Å². The molecule has 0 atom stereocenters. The van der Waals surface area contributed by atoms with Crippen LogP contribution in [0.25, 0.3) is 11.8 Å². The number of halogens is 1. The van der Waals surface area contributed by atoms with Crippen molar-refractivity contribution in [2.24, 2.45) is 0 Å². The van der Waals surface area contributed by atoms with Gasteiger partial charge in [0.2, 0.25) is 0 Å². The van der Waals surface area contributed by atoms with Crippen molar-refractivity contribution >= 4 is 24.2 Å². The molecule has 0 spiro atoms. The van der Waals surface area contributed by atoms with Gasteiger partial charge in [0.1, 0.15) is 0 Å². The van der Waals surface area contributed by atoms with E-state index in [2.05, 4.69) is 48.4 Å². The summed E-state index contributed by atoms with van der Waals surface area (Å²) >= 11 is 0. The van der Waals surface area contributed by atoms with Gasteiger partial charge in [-0.15, -0.1) is 12.4 Å². The molecule has 1 aliphatic rings. The Bertz CT molecular complexity index is 683. The van der Waals surface area contributed by atoms with Crippen LogP contribution in [0.1, 0.15) is 16.7 Å². The molecule has 3 rings (SSSR count). The molecule has 116 valence electrons. The third-order valence-electron chi connectivity index (χ3n) is 3.83. The summed E-state index contributed by atoms with van der Waals surface area (Å²) in [5, 5.41) is 0. The first-order valence-electron chi connectivity index (χ1n) is 6.96.